The van der Waals surface area contributed by atoms with Gasteiger partial charge in [0.05, 0.1) is 11.0 Å². The van der Waals surface area contributed by atoms with Gasteiger partial charge in [-0.3, -0.25) is 20.4 Å². The predicted molar refractivity (Wildman–Crippen MR) is 97.5 cm³/mol. The third kappa shape index (κ3) is 3.17. The zero-order chi connectivity index (χ0) is 18.1. The second-order valence-electron chi connectivity index (χ2n) is 7.13. The lowest BCUT2D eigenvalue weighted by molar-refractivity contribution is -0.128. The fourth-order valence-electron chi connectivity index (χ4n) is 3.93. The van der Waals surface area contributed by atoms with Gasteiger partial charge in [0.15, 0.2) is 0 Å². The smallest absolute Gasteiger partial charge is 0.261 e. The Morgan fingerprint density at radius 1 is 1.23 bits per heavy atom. The summed E-state index contributed by atoms with van der Waals surface area (Å²) in [7, 11) is 0. The molecule has 0 spiro atoms. The van der Waals surface area contributed by atoms with Gasteiger partial charge in [-0.15, -0.1) is 0 Å². The van der Waals surface area contributed by atoms with Crippen LogP contribution in [0.1, 0.15) is 32.6 Å². The number of amides is 2. The number of nitrogens with zero attached hydrogens (tertiary/aromatic N) is 2. The van der Waals surface area contributed by atoms with Gasteiger partial charge in [0, 0.05) is 12.0 Å². The first-order valence-electron chi connectivity index (χ1n) is 9.18. The first-order valence-corrected chi connectivity index (χ1v) is 9.18. The van der Waals surface area contributed by atoms with E-state index < -0.39 is 6.04 Å². The van der Waals surface area contributed by atoms with E-state index in [0.717, 1.165) is 30.3 Å². The van der Waals surface area contributed by atoms with Gasteiger partial charge in [-0.25, -0.2) is 15.1 Å². The van der Waals surface area contributed by atoms with Crippen molar-refractivity contribution in [3.05, 3.63) is 30.6 Å². The molecule has 2 heterocycles. The average molecular weight is 356 g/mol. The van der Waals surface area contributed by atoms with E-state index in [1.807, 2.05) is 24.3 Å². The molecule has 1 saturated carbocycles. The molecule has 0 radical (unpaired) electrons. The molecular formula is C18H24N6O2. The summed E-state index contributed by atoms with van der Waals surface area (Å²) in [5, 5.41) is 2.83. The Hall–Kier alpha value is -2.45. The van der Waals surface area contributed by atoms with Crippen LogP contribution >= 0.6 is 0 Å². The van der Waals surface area contributed by atoms with Gasteiger partial charge in [0.25, 0.3) is 5.91 Å². The molecule has 4 N–H and O–H groups in total. The Balaban J connectivity index is 1.37. The van der Waals surface area contributed by atoms with Gasteiger partial charge < -0.3 is 5.32 Å². The molecule has 2 amide bonds. The van der Waals surface area contributed by atoms with Gasteiger partial charge in [0.1, 0.15) is 18.4 Å². The topological polar surface area (TPSA) is 100 Å². The number of nitrogens with one attached hydrogen (secondary N) is 4. The predicted octanol–water partition coefficient (Wildman–Crippen LogP) is 0.646. The molecule has 2 aromatic rings. The van der Waals surface area contributed by atoms with E-state index in [9.17, 15) is 9.59 Å². The number of hydrogen-bond acceptors (Lipinski definition) is 5. The second-order valence-corrected chi connectivity index (χ2v) is 7.13. The highest BCUT2D eigenvalue weighted by Gasteiger charge is 2.41. The van der Waals surface area contributed by atoms with Gasteiger partial charge >= 0.3 is 0 Å². The molecule has 1 aliphatic carbocycles. The standard InChI is InChI=1S/C18H24N6O2/c1-11(17(25)23-24-10-19-14-8-4-5-9-15(14)24)20-18(26)16-12-6-2-3-7-13(12)21-22-16/h4-5,8-13,16,21-22H,2-3,6-7H2,1H3,(H,20,26)(H,23,25). The number of hydrazine groups is 1. The Morgan fingerprint density at radius 2 is 2.04 bits per heavy atom. The number of rotatable bonds is 4. The van der Waals surface area contributed by atoms with Crippen LogP contribution in [0, 0.1) is 5.92 Å². The van der Waals surface area contributed by atoms with E-state index in [0.29, 0.717) is 6.04 Å². The Kier molecular flexibility index (Phi) is 4.60. The molecule has 1 aliphatic heterocycles. The van der Waals surface area contributed by atoms with Crippen molar-refractivity contribution in [2.24, 2.45) is 5.92 Å². The molecule has 1 aromatic carbocycles. The van der Waals surface area contributed by atoms with Crippen LogP contribution in [0.5, 0.6) is 0 Å². The van der Waals surface area contributed by atoms with Crippen molar-refractivity contribution in [1.29, 1.82) is 0 Å². The number of carbonyl (C=O) groups is 2. The lowest BCUT2D eigenvalue weighted by Gasteiger charge is -2.27. The highest BCUT2D eigenvalue weighted by Crippen LogP contribution is 2.30. The Labute approximate surface area is 151 Å². The molecule has 2 aliphatic rings. The molecule has 138 valence electrons. The van der Waals surface area contributed by atoms with E-state index in [4.69, 9.17) is 0 Å². The second kappa shape index (κ2) is 7.05. The van der Waals surface area contributed by atoms with Gasteiger partial charge in [0.2, 0.25) is 5.91 Å². The highest BCUT2D eigenvalue weighted by molar-refractivity contribution is 5.94. The van der Waals surface area contributed by atoms with Crippen LogP contribution < -0.4 is 21.6 Å². The first kappa shape index (κ1) is 17.0. The van der Waals surface area contributed by atoms with Crippen LogP contribution in [0.3, 0.4) is 0 Å². The number of fused-ring (bicyclic) bond motifs is 2. The average Bonchev–Trinajstić information content (AvgIpc) is 3.26. The van der Waals surface area contributed by atoms with Crippen LogP contribution in [0.4, 0.5) is 0 Å². The molecule has 2 fully saturated rings. The third-order valence-corrected chi connectivity index (χ3v) is 5.39. The number of carbonyl (C=O) groups excluding carboxylic acids is 2. The first-order chi connectivity index (χ1) is 12.6. The van der Waals surface area contributed by atoms with E-state index in [1.54, 1.807) is 17.9 Å². The SMILES string of the molecule is CC(NC(=O)C1NNC2CCCCC21)C(=O)Nn1cnc2ccccc21. The van der Waals surface area contributed by atoms with Crippen LogP contribution in [0.25, 0.3) is 11.0 Å². The lowest BCUT2D eigenvalue weighted by atomic mass is 9.81. The van der Waals surface area contributed by atoms with Gasteiger partial charge in [-0.2, -0.15) is 0 Å². The molecule has 26 heavy (non-hydrogen) atoms. The summed E-state index contributed by atoms with van der Waals surface area (Å²) in [6, 6.07) is 6.95. The maximum Gasteiger partial charge on any atom is 0.261 e. The molecule has 1 saturated heterocycles. The van der Waals surface area contributed by atoms with Crippen LogP contribution in [-0.2, 0) is 9.59 Å². The van der Waals surface area contributed by atoms with Crippen LogP contribution in [-0.4, -0.2) is 39.6 Å². The van der Waals surface area contributed by atoms with Crippen molar-refractivity contribution < 1.29 is 9.59 Å². The molecule has 0 bridgehead atoms. The monoisotopic (exact) mass is 356 g/mol. The van der Waals surface area contributed by atoms with E-state index in [-0.39, 0.29) is 23.8 Å². The van der Waals surface area contributed by atoms with Crippen LogP contribution in [0.15, 0.2) is 30.6 Å². The number of hydrogen-bond donors (Lipinski definition) is 4. The number of aromatic nitrogens is 2. The third-order valence-electron chi connectivity index (χ3n) is 5.39. The zero-order valence-corrected chi connectivity index (χ0v) is 14.7. The van der Waals surface area contributed by atoms with Crippen molar-refractivity contribution >= 4 is 22.8 Å². The highest BCUT2D eigenvalue weighted by atomic mass is 16.2. The van der Waals surface area contributed by atoms with Gasteiger partial charge in [-0.05, 0) is 31.9 Å². The van der Waals surface area contributed by atoms with Crippen molar-refractivity contribution in [3.63, 3.8) is 0 Å². The molecule has 4 rings (SSSR count). The summed E-state index contributed by atoms with van der Waals surface area (Å²) in [6.45, 7) is 1.69. The molecule has 8 nitrogen and oxygen atoms in total. The quantitative estimate of drug-likeness (QED) is 0.644. The van der Waals surface area contributed by atoms with E-state index in [2.05, 4.69) is 26.6 Å². The number of imidazole rings is 1. The largest absolute Gasteiger partial charge is 0.343 e. The van der Waals surface area contributed by atoms with Gasteiger partial charge in [-0.1, -0.05) is 25.0 Å². The van der Waals surface area contributed by atoms with E-state index in [1.165, 1.54) is 6.42 Å². The lowest BCUT2D eigenvalue weighted by Crippen LogP contribution is -2.52. The normalized spacial score (nSPS) is 26.3. The minimum atomic E-state index is -0.645. The maximum absolute atomic E-state index is 12.6. The van der Waals surface area contributed by atoms with Crippen molar-refractivity contribution in [1.82, 2.24) is 25.8 Å². The number of para-hydroxylation sites is 2. The molecule has 8 heteroatoms. The fraction of sp³-hybridized carbons (Fsp3) is 0.500. The van der Waals surface area contributed by atoms with Crippen LogP contribution in [0.2, 0.25) is 0 Å². The number of benzene rings is 1. The van der Waals surface area contributed by atoms with Crippen molar-refractivity contribution in [2.75, 3.05) is 5.43 Å². The summed E-state index contributed by atoms with van der Waals surface area (Å²) in [4.78, 5) is 29.3. The van der Waals surface area contributed by atoms with Crippen molar-refractivity contribution in [2.45, 2.75) is 50.7 Å². The summed E-state index contributed by atoms with van der Waals surface area (Å²) in [5.41, 5.74) is 10.7. The summed E-state index contributed by atoms with van der Waals surface area (Å²) in [6.07, 6.45) is 6.03. The minimum absolute atomic E-state index is 0.134. The fourth-order valence-corrected chi connectivity index (χ4v) is 3.93. The molecule has 4 unspecified atom stereocenters. The van der Waals surface area contributed by atoms with Crippen molar-refractivity contribution in [3.8, 4) is 0 Å². The summed E-state index contributed by atoms with van der Waals surface area (Å²) in [5.74, 6) is -0.130. The maximum atomic E-state index is 12.6. The summed E-state index contributed by atoms with van der Waals surface area (Å²) < 4.78 is 1.58. The Bertz CT molecular complexity index is 819. The van der Waals surface area contributed by atoms with E-state index >= 15 is 0 Å². The Morgan fingerprint density at radius 3 is 2.92 bits per heavy atom. The molecule has 4 atom stereocenters. The minimum Gasteiger partial charge on any atom is -0.343 e. The molecule has 1 aromatic heterocycles. The summed E-state index contributed by atoms with van der Waals surface area (Å²) >= 11 is 0. The zero-order valence-electron chi connectivity index (χ0n) is 14.7. The molecular weight excluding hydrogens is 332 g/mol.